The predicted octanol–water partition coefficient (Wildman–Crippen LogP) is 5.13. The third-order valence-corrected chi connectivity index (χ3v) is 6.21. The van der Waals surface area contributed by atoms with Gasteiger partial charge < -0.3 is 10.1 Å². The maximum Gasteiger partial charge on any atom is 0.323 e. The van der Waals surface area contributed by atoms with Gasteiger partial charge in [0, 0.05) is 28.5 Å². The van der Waals surface area contributed by atoms with Crippen molar-refractivity contribution >= 4 is 23.3 Å². The maximum atomic E-state index is 13.4. The number of ether oxygens (including phenoxy) is 1. The molecule has 0 radical (unpaired) electrons. The topological polar surface area (TPSA) is 54.5 Å². The zero-order valence-electron chi connectivity index (χ0n) is 17.6. The van der Waals surface area contributed by atoms with E-state index in [2.05, 4.69) is 22.1 Å². The number of aromatic nitrogens is 1. The first-order valence-corrected chi connectivity index (χ1v) is 10.9. The molecule has 2 amide bonds. The van der Waals surface area contributed by atoms with E-state index >= 15 is 0 Å². The summed E-state index contributed by atoms with van der Waals surface area (Å²) in [5, 5.41) is 3.87. The van der Waals surface area contributed by atoms with Crippen LogP contribution in [0.2, 0.25) is 5.02 Å². The van der Waals surface area contributed by atoms with Gasteiger partial charge in [0.25, 0.3) is 0 Å². The summed E-state index contributed by atoms with van der Waals surface area (Å²) in [5.41, 5.74) is 2.82. The number of anilines is 1. The van der Waals surface area contributed by atoms with Gasteiger partial charge in [0.2, 0.25) is 0 Å². The lowest BCUT2D eigenvalue weighted by molar-refractivity contribution is 0.231. The van der Waals surface area contributed by atoms with Gasteiger partial charge in [-0.05, 0) is 66.8 Å². The van der Waals surface area contributed by atoms with Gasteiger partial charge in [0.05, 0.1) is 19.3 Å². The van der Waals surface area contributed by atoms with Crippen molar-refractivity contribution in [2.24, 2.45) is 5.92 Å². The van der Waals surface area contributed by atoms with Crippen LogP contribution in [0, 0.1) is 17.8 Å². The van der Waals surface area contributed by atoms with Gasteiger partial charge >= 0.3 is 6.03 Å². The monoisotopic (exact) mass is 443 g/mol. The highest BCUT2D eigenvalue weighted by Crippen LogP contribution is 2.50. The van der Waals surface area contributed by atoms with E-state index in [-0.39, 0.29) is 11.9 Å². The molecule has 1 saturated carbocycles. The lowest BCUT2D eigenvalue weighted by Gasteiger charge is -2.41. The smallest absolute Gasteiger partial charge is 0.323 e. The number of hydrogen-bond acceptors (Lipinski definition) is 3. The zero-order chi connectivity index (χ0) is 22.1. The Balaban J connectivity index is 1.58. The van der Waals surface area contributed by atoms with Crippen LogP contribution in [0.25, 0.3) is 0 Å². The van der Waals surface area contributed by atoms with E-state index in [4.69, 9.17) is 16.3 Å². The van der Waals surface area contributed by atoms with Crippen molar-refractivity contribution in [1.29, 1.82) is 0 Å². The standard InChI is InChI=1S/C26H22ClN3O2/c1-32-22-9-4-19(5-10-22)17-30-24-11-8-21(27)15-23(24)26(20-6-7-20,29-25(30)31)13-12-18-3-2-14-28-16-18/h2-5,8-11,14-16,20H,6-7,17H2,1H3,(H,29,31). The van der Waals surface area contributed by atoms with E-state index in [1.54, 1.807) is 24.4 Å². The minimum Gasteiger partial charge on any atom is -0.497 e. The number of hydrogen-bond donors (Lipinski definition) is 1. The van der Waals surface area contributed by atoms with E-state index < -0.39 is 5.54 Å². The number of urea groups is 1. The Hall–Kier alpha value is -3.49. The van der Waals surface area contributed by atoms with Gasteiger partial charge in [-0.25, -0.2) is 4.79 Å². The molecule has 32 heavy (non-hydrogen) atoms. The molecule has 0 bridgehead atoms. The number of fused-ring (bicyclic) bond motifs is 1. The van der Waals surface area contributed by atoms with E-state index in [1.807, 2.05) is 54.6 Å². The summed E-state index contributed by atoms with van der Waals surface area (Å²) < 4.78 is 5.25. The highest BCUT2D eigenvalue weighted by molar-refractivity contribution is 6.30. The summed E-state index contributed by atoms with van der Waals surface area (Å²) >= 11 is 6.42. The Bertz CT molecular complexity index is 1210. The largest absolute Gasteiger partial charge is 0.497 e. The number of carbonyl (C=O) groups excluding carboxylic acids is 1. The molecule has 160 valence electrons. The van der Waals surface area contributed by atoms with Crippen LogP contribution < -0.4 is 15.0 Å². The van der Waals surface area contributed by atoms with Crippen molar-refractivity contribution in [3.05, 3.63) is 88.7 Å². The minimum atomic E-state index is -0.774. The van der Waals surface area contributed by atoms with Crippen LogP contribution in [0.3, 0.4) is 0 Å². The highest BCUT2D eigenvalue weighted by Gasteiger charge is 2.51. The molecule has 1 aromatic heterocycles. The second-order valence-electron chi connectivity index (χ2n) is 8.10. The summed E-state index contributed by atoms with van der Waals surface area (Å²) in [6.45, 7) is 0.432. The second-order valence-corrected chi connectivity index (χ2v) is 8.54. The lowest BCUT2D eigenvalue weighted by Crippen LogP contribution is -2.56. The fourth-order valence-corrected chi connectivity index (χ4v) is 4.36. The third kappa shape index (κ3) is 3.79. The average Bonchev–Trinajstić information content (AvgIpc) is 3.67. The number of amides is 2. The van der Waals surface area contributed by atoms with E-state index in [0.29, 0.717) is 11.6 Å². The Morgan fingerprint density at radius 3 is 2.72 bits per heavy atom. The van der Waals surface area contributed by atoms with Crippen molar-refractivity contribution in [1.82, 2.24) is 10.3 Å². The Morgan fingerprint density at radius 1 is 1.22 bits per heavy atom. The minimum absolute atomic E-state index is 0.164. The zero-order valence-corrected chi connectivity index (χ0v) is 18.4. The van der Waals surface area contributed by atoms with E-state index in [1.165, 1.54) is 0 Å². The number of rotatable bonds is 4. The number of carbonyl (C=O) groups is 1. The average molecular weight is 444 g/mol. The van der Waals surface area contributed by atoms with Crippen molar-refractivity contribution < 1.29 is 9.53 Å². The predicted molar refractivity (Wildman–Crippen MR) is 125 cm³/mol. The first-order valence-electron chi connectivity index (χ1n) is 10.5. The van der Waals surface area contributed by atoms with Crippen LogP contribution in [-0.4, -0.2) is 18.1 Å². The number of benzene rings is 2. The van der Waals surface area contributed by atoms with Crippen LogP contribution in [0.4, 0.5) is 10.5 Å². The summed E-state index contributed by atoms with van der Waals surface area (Å²) in [6, 6.07) is 17.0. The third-order valence-electron chi connectivity index (χ3n) is 5.98. The first-order chi connectivity index (χ1) is 15.6. The van der Waals surface area contributed by atoms with Gasteiger partial charge in [0.15, 0.2) is 0 Å². The molecule has 1 aliphatic carbocycles. The maximum absolute atomic E-state index is 13.4. The Kier molecular flexibility index (Phi) is 5.24. The molecular weight excluding hydrogens is 422 g/mol. The molecule has 6 heteroatoms. The summed E-state index contributed by atoms with van der Waals surface area (Å²) in [6.07, 6.45) is 5.46. The quantitative estimate of drug-likeness (QED) is 0.569. The van der Waals surface area contributed by atoms with Crippen molar-refractivity contribution in [2.75, 3.05) is 12.0 Å². The second kappa shape index (κ2) is 8.22. The molecular formula is C26H22ClN3O2. The summed E-state index contributed by atoms with van der Waals surface area (Å²) in [5.74, 6) is 7.66. The molecule has 1 fully saturated rings. The SMILES string of the molecule is COc1ccc(CN2C(=O)NC(C#Cc3cccnc3)(C3CC3)c3cc(Cl)ccc32)cc1. The fraction of sp³-hybridized carbons (Fsp3) is 0.231. The molecule has 1 aliphatic heterocycles. The summed E-state index contributed by atoms with van der Waals surface area (Å²) in [7, 11) is 1.64. The van der Waals surface area contributed by atoms with Gasteiger partial charge in [-0.15, -0.1) is 0 Å². The number of methoxy groups -OCH3 is 1. The Morgan fingerprint density at radius 2 is 2.03 bits per heavy atom. The van der Waals surface area contributed by atoms with E-state index in [9.17, 15) is 4.79 Å². The molecule has 5 rings (SSSR count). The van der Waals surface area contributed by atoms with Crippen LogP contribution >= 0.6 is 11.6 Å². The van der Waals surface area contributed by atoms with Crippen LogP contribution in [0.1, 0.15) is 29.5 Å². The molecule has 2 aromatic carbocycles. The molecule has 3 aromatic rings. The molecule has 2 heterocycles. The number of pyridine rings is 1. The van der Waals surface area contributed by atoms with Crippen LogP contribution in [-0.2, 0) is 12.1 Å². The molecule has 1 atom stereocenters. The van der Waals surface area contributed by atoms with Crippen LogP contribution in [0.15, 0.2) is 67.0 Å². The molecule has 0 saturated heterocycles. The van der Waals surface area contributed by atoms with Gasteiger partial charge in [0.1, 0.15) is 11.3 Å². The van der Waals surface area contributed by atoms with E-state index in [0.717, 1.165) is 41.0 Å². The number of nitrogens with zero attached hydrogens (tertiary/aromatic N) is 2. The van der Waals surface area contributed by atoms with Gasteiger partial charge in [-0.1, -0.05) is 35.6 Å². The molecule has 5 nitrogen and oxygen atoms in total. The van der Waals surface area contributed by atoms with Crippen molar-refractivity contribution in [3.8, 4) is 17.6 Å². The van der Waals surface area contributed by atoms with Gasteiger partial charge in [-0.2, -0.15) is 0 Å². The number of nitrogens with one attached hydrogen (secondary N) is 1. The highest BCUT2D eigenvalue weighted by atomic mass is 35.5. The van der Waals surface area contributed by atoms with Crippen LogP contribution in [0.5, 0.6) is 5.75 Å². The Labute approximate surface area is 192 Å². The molecule has 1 N–H and O–H groups in total. The van der Waals surface area contributed by atoms with Crippen molar-refractivity contribution in [2.45, 2.75) is 24.9 Å². The summed E-state index contributed by atoms with van der Waals surface area (Å²) in [4.78, 5) is 19.3. The van der Waals surface area contributed by atoms with Crippen molar-refractivity contribution in [3.63, 3.8) is 0 Å². The lowest BCUT2D eigenvalue weighted by atomic mass is 9.82. The molecule has 0 spiro atoms. The first kappa shape index (κ1) is 20.4. The van der Waals surface area contributed by atoms with Gasteiger partial charge in [-0.3, -0.25) is 9.88 Å². The number of halogens is 1. The molecule has 2 aliphatic rings. The molecule has 1 unspecified atom stereocenters. The normalized spacial score (nSPS) is 19.4. The fourth-order valence-electron chi connectivity index (χ4n) is 4.19.